The number of hydrogen-bond acceptors (Lipinski definition) is 6. The highest BCUT2D eigenvalue weighted by molar-refractivity contribution is 7.92. The van der Waals surface area contributed by atoms with Crippen LogP contribution in [0.2, 0.25) is 5.02 Å². The van der Waals surface area contributed by atoms with Crippen LogP contribution in [0.1, 0.15) is 51.5 Å². The van der Waals surface area contributed by atoms with Gasteiger partial charge in [0.15, 0.2) is 0 Å². The second-order valence-corrected chi connectivity index (χ2v) is 13.0. The Morgan fingerprint density at radius 3 is 2.36 bits per heavy atom. The SMILES string of the molecule is CCOc1ccccc1N(CC(=O)N(Cc1cccc(OC)c1)C(CC)C(=O)NC1CCCC1)S(=O)(=O)c1ccc(Cl)cc1. The van der Waals surface area contributed by atoms with Crippen LogP contribution in [0.5, 0.6) is 11.5 Å². The molecule has 44 heavy (non-hydrogen) atoms. The Kier molecular flexibility index (Phi) is 11.5. The first kappa shape index (κ1) is 33.1. The highest BCUT2D eigenvalue weighted by Crippen LogP contribution is 2.33. The Morgan fingerprint density at radius 2 is 1.70 bits per heavy atom. The molecular formula is C33H40ClN3O6S. The lowest BCUT2D eigenvalue weighted by atomic mass is 10.1. The standard InChI is InChI=1S/C33H40ClN3O6S/c1-4-29(33(39)35-26-12-6-7-13-26)36(22-24-11-10-14-27(21-24)42-3)32(38)23-37(30-15-8-9-16-31(30)43-5-2)44(40,41)28-19-17-25(34)18-20-28/h8-11,14-21,26,29H,4-7,12-13,22-23H2,1-3H3,(H,35,39). The van der Waals surface area contributed by atoms with Crippen molar-refractivity contribution in [2.24, 2.45) is 0 Å². The minimum absolute atomic E-state index is 0.0358. The molecule has 1 N–H and O–H groups in total. The number of benzene rings is 3. The Bertz CT molecular complexity index is 1530. The fourth-order valence-corrected chi connectivity index (χ4v) is 6.99. The summed E-state index contributed by atoms with van der Waals surface area (Å²) >= 11 is 6.05. The van der Waals surface area contributed by atoms with E-state index in [0.717, 1.165) is 35.6 Å². The maximum atomic E-state index is 14.4. The van der Waals surface area contributed by atoms with E-state index < -0.39 is 28.5 Å². The molecule has 11 heteroatoms. The van der Waals surface area contributed by atoms with Gasteiger partial charge in [-0.05, 0) is 80.3 Å². The van der Waals surface area contributed by atoms with Gasteiger partial charge in [-0.15, -0.1) is 0 Å². The normalized spacial score (nSPS) is 14.1. The molecule has 2 amide bonds. The van der Waals surface area contributed by atoms with E-state index in [2.05, 4.69) is 5.32 Å². The van der Waals surface area contributed by atoms with E-state index in [1.165, 1.54) is 29.2 Å². The fourth-order valence-electron chi connectivity index (χ4n) is 5.44. The van der Waals surface area contributed by atoms with Gasteiger partial charge in [-0.2, -0.15) is 0 Å². The Morgan fingerprint density at radius 1 is 1.00 bits per heavy atom. The minimum atomic E-state index is -4.27. The molecule has 1 saturated carbocycles. The number of ether oxygens (including phenoxy) is 2. The number of rotatable bonds is 14. The molecule has 0 spiro atoms. The molecule has 1 aliphatic rings. The third-order valence-electron chi connectivity index (χ3n) is 7.69. The van der Waals surface area contributed by atoms with E-state index in [1.54, 1.807) is 50.4 Å². The minimum Gasteiger partial charge on any atom is -0.497 e. The van der Waals surface area contributed by atoms with Crippen LogP contribution in [0.3, 0.4) is 0 Å². The molecule has 0 saturated heterocycles. The Hall–Kier alpha value is -3.76. The van der Waals surface area contributed by atoms with Crippen molar-refractivity contribution in [1.29, 1.82) is 0 Å². The number of methoxy groups -OCH3 is 1. The zero-order chi connectivity index (χ0) is 31.7. The van der Waals surface area contributed by atoms with Crippen molar-refractivity contribution in [3.05, 3.63) is 83.4 Å². The lowest BCUT2D eigenvalue weighted by Crippen LogP contribution is -2.53. The van der Waals surface area contributed by atoms with Gasteiger partial charge in [-0.3, -0.25) is 13.9 Å². The lowest BCUT2D eigenvalue weighted by molar-refractivity contribution is -0.140. The maximum Gasteiger partial charge on any atom is 0.264 e. The number of para-hydroxylation sites is 2. The van der Waals surface area contributed by atoms with Crippen LogP contribution in [-0.2, 0) is 26.2 Å². The average Bonchev–Trinajstić information content (AvgIpc) is 3.53. The molecule has 9 nitrogen and oxygen atoms in total. The zero-order valence-corrected chi connectivity index (χ0v) is 26.9. The monoisotopic (exact) mass is 641 g/mol. The van der Waals surface area contributed by atoms with E-state index in [-0.39, 0.29) is 29.1 Å². The lowest BCUT2D eigenvalue weighted by Gasteiger charge is -2.34. The number of halogens is 1. The van der Waals surface area contributed by atoms with Crippen LogP contribution < -0.4 is 19.1 Å². The predicted octanol–water partition coefficient (Wildman–Crippen LogP) is 5.81. The number of amides is 2. The Labute approximate surface area is 265 Å². The zero-order valence-electron chi connectivity index (χ0n) is 25.4. The van der Waals surface area contributed by atoms with Crippen LogP contribution in [0, 0.1) is 0 Å². The van der Waals surface area contributed by atoms with Crippen LogP contribution in [0.15, 0.2) is 77.7 Å². The third kappa shape index (κ3) is 8.04. The maximum absolute atomic E-state index is 14.4. The van der Waals surface area contributed by atoms with Gasteiger partial charge in [-0.25, -0.2) is 8.42 Å². The smallest absolute Gasteiger partial charge is 0.264 e. The number of carbonyl (C=O) groups is 2. The summed E-state index contributed by atoms with van der Waals surface area (Å²) < 4.78 is 40.5. The number of nitrogens with zero attached hydrogens (tertiary/aromatic N) is 2. The van der Waals surface area contributed by atoms with Gasteiger partial charge in [0.2, 0.25) is 11.8 Å². The molecule has 1 atom stereocenters. The van der Waals surface area contributed by atoms with Crippen molar-refractivity contribution in [3.63, 3.8) is 0 Å². The van der Waals surface area contributed by atoms with Gasteiger partial charge in [0, 0.05) is 17.6 Å². The molecule has 0 radical (unpaired) electrons. The molecule has 0 bridgehead atoms. The molecule has 0 aromatic heterocycles. The summed E-state index contributed by atoms with van der Waals surface area (Å²) in [6, 6.07) is 18.9. The number of hydrogen-bond donors (Lipinski definition) is 1. The number of nitrogens with one attached hydrogen (secondary N) is 1. The molecule has 1 aliphatic carbocycles. The highest BCUT2D eigenvalue weighted by atomic mass is 35.5. The van der Waals surface area contributed by atoms with Crippen LogP contribution in [-0.4, -0.2) is 57.5 Å². The van der Waals surface area contributed by atoms with Crippen molar-refractivity contribution in [1.82, 2.24) is 10.2 Å². The van der Waals surface area contributed by atoms with Crippen molar-refractivity contribution < 1.29 is 27.5 Å². The number of carbonyl (C=O) groups excluding carboxylic acids is 2. The molecule has 236 valence electrons. The quantitative estimate of drug-likeness (QED) is 0.238. The summed E-state index contributed by atoms with van der Waals surface area (Å²) in [5.74, 6) is 0.129. The van der Waals surface area contributed by atoms with Crippen molar-refractivity contribution in [2.45, 2.75) is 69.5 Å². The molecule has 3 aromatic rings. The Balaban J connectivity index is 1.76. The highest BCUT2D eigenvalue weighted by Gasteiger charge is 2.35. The van der Waals surface area contributed by atoms with Crippen LogP contribution in [0.25, 0.3) is 0 Å². The second kappa shape index (κ2) is 15.3. The van der Waals surface area contributed by atoms with Crippen LogP contribution >= 0.6 is 11.6 Å². The predicted molar refractivity (Wildman–Crippen MR) is 172 cm³/mol. The molecule has 1 unspecified atom stereocenters. The first-order chi connectivity index (χ1) is 21.2. The summed E-state index contributed by atoms with van der Waals surface area (Å²) in [6.45, 7) is 3.45. The summed E-state index contributed by atoms with van der Waals surface area (Å²) in [4.78, 5) is 29.4. The average molecular weight is 642 g/mol. The van der Waals surface area contributed by atoms with Gasteiger partial charge >= 0.3 is 0 Å². The number of anilines is 1. The summed E-state index contributed by atoms with van der Waals surface area (Å²) in [7, 11) is -2.71. The van der Waals surface area contributed by atoms with Gasteiger partial charge in [0.05, 0.1) is 24.3 Å². The third-order valence-corrected chi connectivity index (χ3v) is 9.71. The molecule has 0 aliphatic heterocycles. The second-order valence-electron chi connectivity index (χ2n) is 10.7. The first-order valence-corrected chi connectivity index (χ1v) is 16.7. The topological polar surface area (TPSA) is 105 Å². The van der Waals surface area contributed by atoms with Gasteiger partial charge in [0.1, 0.15) is 24.1 Å². The van der Waals surface area contributed by atoms with E-state index in [1.807, 2.05) is 19.1 Å². The number of sulfonamides is 1. The summed E-state index contributed by atoms with van der Waals surface area (Å²) in [6.07, 6.45) is 4.23. The van der Waals surface area contributed by atoms with Gasteiger partial charge < -0.3 is 19.7 Å². The van der Waals surface area contributed by atoms with Crippen molar-refractivity contribution in [3.8, 4) is 11.5 Å². The molecular weight excluding hydrogens is 602 g/mol. The van der Waals surface area contributed by atoms with E-state index >= 15 is 0 Å². The summed E-state index contributed by atoms with van der Waals surface area (Å²) in [5, 5.41) is 3.50. The first-order valence-electron chi connectivity index (χ1n) is 14.9. The molecule has 3 aromatic carbocycles. The molecule has 0 heterocycles. The van der Waals surface area contributed by atoms with Gasteiger partial charge in [-0.1, -0.05) is 55.6 Å². The summed E-state index contributed by atoms with van der Waals surface area (Å²) in [5.41, 5.74) is 0.953. The van der Waals surface area contributed by atoms with E-state index in [9.17, 15) is 18.0 Å². The fraction of sp³-hybridized carbons (Fsp3) is 0.394. The van der Waals surface area contributed by atoms with Crippen LogP contribution in [0.4, 0.5) is 5.69 Å². The van der Waals surface area contributed by atoms with E-state index in [4.69, 9.17) is 21.1 Å². The molecule has 4 rings (SSSR count). The molecule has 1 fully saturated rings. The van der Waals surface area contributed by atoms with Crippen molar-refractivity contribution >= 4 is 39.1 Å². The van der Waals surface area contributed by atoms with Gasteiger partial charge in [0.25, 0.3) is 10.0 Å². The largest absolute Gasteiger partial charge is 0.497 e. The van der Waals surface area contributed by atoms with Crippen molar-refractivity contribution in [2.75, 3.05) is 24.6 Å². The van der Waals surface area contributed by atoms with E-state index in [0.29, 0.717) is 29.5 Å².